The van der Waals surface area contributed by atoms with E-state index in [1.54, 1.807) is 10.3 Å². The highest BCUT2D eigenvalue weighted by molar-refractivity contribution is 7.13. The van der Waals surface area contributed by atoms with Crippen LogP contribution in [0.2, 0.25) is 0 Å². The molecule has 1 saturated heterocycles. The number of ether oxygens (including phenoxy) is 2. The Hall–Kier alpha value is -1.54. The molecule has 1 atom stereocenters. The van der Waals surface area contributed by atoms with Gasteiger partial charge in [-0.05, 0) is 24.6 Å². The number of amides is 1. The van der Waals surface area contributed by atoms with Crippen LogP contribution in [0.15, 0.2) is 23.6 Å². The summed E-state index contributed by atoms with van der Waals surface area (Å²) in [4.78, 5) is 18.7. The van der Waals surface area contributed by atoms with Crippen LogP contribution in [0.4, 0.5) is 0 Å². The first-order valence-electron chi connectivity index (χ1n) is 7.61. The van der Waals surface area contributed by atoms with Gasteiger partial charge in [-0.1, -0.05) is 0 Å². The van der Waals surface area contributed by atoms with Gasteiger partial charge in [0.25, 0.3) is 5.91 Å². The SMILES string of the molecule is Cl.Cl.N[C@@H]1CCN(C(=O)c2csc(-c3ccc4c(c3)OCCO4)n2)C1. The third-order valence-corrected chi connectivity index (χ3v) is 4.92. The number of hydrogen-bond acceptors (Lipinski definition) is 6. The molecular formula is C16H19Cl2N3O3S. The predicted molar refractivity (Wildman–Crippen MR) is 102 cm³/mol. The number of thiazole rings is 1. The smallest absolute Gasteiger partial charge is 0.273 e. The summed E-state index contributed by atoms with van der Waals surface area (Å²) in [7, 11) is 0. The van der Waals surface area contributed by atoms with E-state index in [1.165, 1.54) is 11.3 Å². The van der Waals surface area contributed by atoms with Crippen LogP contribution < -0.4 is 15.2 Å². The quantitative estimate of drug-likeness (QED) is 0.833. The molecule has 9 heteroatoms. The van der Waals surface area contributed by atoms with Gasteiger partial charge in [0.15, 0.2) is 11.5 Å². The summed E-state index contributed by atoms with van der Waals surface area (Å²) in [5.74, 6) is 1.43. The molecule has 1 aromatic heterocycles. The number of halogens is 2. The van der Waals surface area contributed by atoms with Gasteiger partial charge in [-0.15, -0.1) is 36.2 Å². The van der Waals surface area contributed by atoms with Crippen LogP contribution in [0.5, 0.6) is 11.5 Å². The number of benzene rings is 1. The van der Waals surface area contributed by atoms with Crippen molar-refractivity contribution in [3.63, 3.8) is 0 Å². The molecule has 136 valence electrons. The zero-order valence-electron chi connectivity index (χ0n) is 13.3. The molecule has 0 radical (unpaired) electrons. The lowest BCUT2D eigenvalue weighted by atomic mass is 10.2. The lowest BCUT2D eigenvalue weighted by Crippen LogP contribution is -2.32. The molecule has 1 amide bonds. The van der Waals surface area contributed by atoms with Gasteiger partial charge in [0.1, 0.15) is 23.9 Å². The minimum atomic E-state index is -0.0435. The molecule has 0 unspecified atom stereocenters. The molecule has 2 aliphatic heterocycles. The molecule has 1 fully saturated rings. The number of aromatic nitrogens is 1. The highest BCUT2D eigenvalue weighted by atomic mass is 35.5. The number of hydrogen-bond donors (Lipinski definition) is 1. The first kappa shape index (κ1) is 19.8. The first-order valence-corrected chi connectivity index (χ1v) is 8.49. The molecule has 4 rings (SSSR count). The Balaban J connectivity index is 0.00000113. The van der Waals surface area contributed by atoms with Crippen molar-refractivity contribution in [3.8, 4) is 22.1 Å². The zero-order valence-corrected chi connectivity index (χ0v) is 15.8. The largest absolute Gasteiger partial charge is 0.486 e. The van der Waals surface area contributed by atoms with Gasteiger partial charge < -0.3 is 20.1 Å². The topological polar surface area (TPSA) is 77.7 Å². The van der Waals surface area contributed by atoms with Crippen molar-refractivity contribution in [1.29, 1.82) is 0 Å². The van der Waals surface area contributed by atoms with E-state index in [-0.39, 0.29) is 36.8 Å². The van der Waals surface area contributed by atoms with Crippen LogP contribution in [0.3, 0.4) is 0 Å². The molecule has 0 saturated carbocycles. The van der Waals surface area contributed by atoms with E-state index >= 15 is 0 Å². The van der Waals surface area contributed by atoms with Crippen molar-refractivity contribution in [2.45, 2.75) is 12.5 Å². The molecule has 2 N–H and O–H groups in total. The Morgan fingerprint density at radius 1 is 1.24 bits per heavy atom. The van der Waals surface area contributed by atoms with Crippen molar-refractivity contribution in [1.82, 2.24) is 9.88 Å². The average molecular weight is 404 g/mol. The van der Waals surface area contributed by atoms with Crippen LogP contribution in [0.1, 0.15) is 16.9 Å². The van der Waals surface area contributed by atoms with Crippen molar-refractivity contribution < 1.29 is 14.3 Å². The molecule has 0 aliphatic carbocycles. The predicted octanol–water partition coefficient (Wildman–Crippen LogP) is 2.60. The number of likely N-dealkylation sites (tertiary alicyclic amines) is 1. The van der Waals surface area contributed by atoms with E-state index in [0.717, 1.165) is 28.5 Å². The second-order valence-corrected chi connectivity index (χ2v) is 6.55. The summed E-state index contributed by atoms with van der Waals surface area (Å²) in [5.41, 5.74) is 7.27. The van der Waals surface area contributed by atoms with Gasteiger partial charge in [-0.25, -0.2) is 4.98 Å². The molecule has 2 aromatic rings. The maximum atomic E-state index is 12.4. The van der Waals surface area contributed by atoms with E-state index < -0.39 is 0 Å². The molecule has 1 aromatic carbocycles. The van der Waals surface area contributed by atoms with Gasteiger partial charge in [0, 0.05) is 30.1 Å². The Bertz CT molecular complexity index is 756. The number of rotatable bonds is 2. The highest BCUT2D eigenvalue weighted by Crippen LogP contribution is 2.35. The average Bonchev–Trinajstić information content (AvgIpc) is 3.23. The lowest BCUT2D eigenvalue weighted by molar-refractivity contribution is 0.0786. The molecule has 0 spiro atoms. The fourth-order valence-electron chi connectivity index (χ4n) is 2.81. The first-order chi connectivity index (χ1) is 11.2. The fourth-order valence-corrected chi connectivity index (χ4v) is 3.61. The second kappa shape index (κ2) is 8.23. The number of nitrogens with two attached hydrogens (primary N) is 1. The maximum absolute atomic E-state index is 12.4. The Labute approximate surface area is 162 Å². The summed E-state index contributed by atoms with van der Waals surface area (Å²) < 4.78 is 11.1. The number of carbonyl (C=O) groups excluding carboxylic acids is 1. The van der Waals surface area contributed by atoms with E-state index in [0.29, 0.717) is 32.0 Å². The lowest BCUT2D eigenvalue weighted by Gasteiger charge is -2.18. The third-order valence-electron chi connectivity index (χ3n) is 4.02. The van der Waals surface area contributed by atoms with Gasteiger partial charge in [-0.3, -0.25) is 4.79 Å². The second-order valence-electron chi connectivity index (χ2n) is 5.70. The summed E-state index contributed by atoms with van der Waals surface area (Å²) in [5, 5.41) is 2.60. The molecule has 0 bridgehead atoms. The van der Waals surface area contributed by atoms with Crippen molar-refractivity contribution in [2.75, 3.05) is 26.3 Å². The minimum absolute atomic E-state index is 0. The fraction of sp³-hybridized carbons (Fsp3) is 0.375. The molecule has 3 heterocycles. The van der Waals surface area contributed by atoms with Crippen LogP contribution in [0.25, 0.3) is 10.6 Å². The third kappa shape index (κ3) is 4.00. The van der Waals surface area contributed by atoms with Gasteiger partial charge in [0.05, 0.1) is 0 Å². The van der Waals surface area contributed by atoms with Crippen molar-refractivity contribution in [2.24, 2.45) is 5.73 Å². The van der Waals surface area contributed by atoms with E-state index in [2.05, 4.69) is 4.98 Å². The van der Waals surface area contributed by atoms with Crippen LogP contribution in [-0.2, 0) is 0 Å². The van der Waals surface area contributed by atoms with Gasteiger partial charge >= 0.3 is 0 Å². The van der Waals surface area contributed by atoms with Crippen LogP contribution in [-0.4, -0.2) is 48.1 Å². The van der Waals surface area contributed by atoms with Gasteiger partial charge in [0.2, 0.25) is 0 Å². The maximum Gasteiger partial charge on any atom is 0.273 e. The minimum Gasteiger partial charge on any atom is -0.486 e. The van der Waals surface area contributed by atoms with Crippen LogP contribution >= 0.6 is 36.2 Å². The summed E-state index contributed by atoms with van der Waals surface area (Å²) in [6, 6.07) is 5.81. The van der Waals surface area contributed by atoms with E-state index in [1.807, 2.05) is 18.2 Å². The van der Waals surface area contributed by atoms with E-state index in [4.69, 9.17) is 15.2 Å². The zero-order chi connectivity index (χ0) is 15.8. The summed E-state index contributed by atoms with van der Waals surface area (Å²) in [6.45, 7) is 2.43. The molecule has 25 heavy (non-hydrogen) atoms. The number of nitrogens with zero attached hydrogens (tertiary/aromatic N) is 2. The molecular weight excluding hydrogens is 385 g/mol. The van der Waals surface area contributed by atoms with Crippen molar-refractivity contribution >= 4 is 42.1 Å². The van der Waals surface area contributed by atoms with Crippen molar-refractivity contribution in [3.05, 3.63) is 29.3 Å². The van der Waals surface area contributed by atoms with E-state index in [9.17, 15) is 4.79 Å². The Morgan fingerprint density at radius 3 is 2.72 bits per heavy atom. The summed E-state index contributed by atoms with van der Waals surface area (Å²) in [6.07, 6.45) is 0.852. The normalized spacial score (nSPS) is 18.3. The Kier molecular flexibility index (Phi) is 6.51. The Morgan fingerprint density at radius 2 is 2.00 bits per heavy atom. The summed E-state index contributed by atoms with van der Waals surface area (Å²) >= 11 is 1.45. The van der Waals surface area contributed by atoms with Crippen LogP contribution in [0, 0.1) is 0 Å². The standard InChI is InChI=1S/C16H17N3O3S.2ClH/c17-11-3-4-19(8-11)16(20)12-9-23-15(18-12)10-1-2-13-14(7-10)22-6-5-21-13;;/h1-2,7,9,11H,3-6,8,17H2;2*1H/t11-;;/m1../s1. The molecule has 6 nitrogen and oxygen atoms in total. The van der Waals surface area contributed by atoms with Gasteiger partial charge in [-0.2, -0.15) is 0 Å². The monoisotopic (exact) mass is 403 g/mol. The number of fused-ring (bicyclic) bond motifs is 1. The molecule has 2 aliphatic rings. The highest BCUT2D eigenvalue weighted by Gasteiger charge is 2.26. The number of carbonyl (C=O) groups is 1.